The topological polar surface area (TPSA) is 122 Å². The Kier molecular flexibility index (Phi) is 7.30. The van der Waals surface area contributed by atoms with Crippen LogP contribution in [0, 0.1) is 0 Å². The average molecular weight is 547 g/mol. The summed E-state index contributed by atoms with van der Waals surface area (Å²) >= 11 is 12.1. The highest BCUT2D eigenvalue weighted by Gasteiger charge is 2.33. The summed E-state index contributed by atoms with van der Waals surface area (Å²) in [4.78, 5) is 25.0. The predicted molar refractivity (Wildman–Crippen MR) is 139 cm³/mol. The van der Waals surface area contributed by atoms with E-state index >= 15 is 0 Å². The molecular formula is C24H20Cl2N4O5S. The van der Waals surface area contributed by atoms with Crippen LogP contribution in [-0.2, 0) is 21.4 Å². The second-order valence-corrected chi connectivity index (χ2v) is 10.7. The molecule has 0 saturated carbocycles. The van der Waals surface area contributed by atoms with Gasteiger partial charge in [-0.1, -0.05) is 58.7 Å². The molecule has 0 aliphatic rings. The minimum Gasteiger partial charge on any atom is -0.480 e. The van der Waals surface area contributed by atoms with E-state index in [-0.39, 0.29) is 29.1 Å². The summed E-state index contributed by atoms with van der Waals surface area (Å²) in [6.07, 6.45) is 0.684. The smallest absolute Gasteiger partial charge is 0.327 e. The molecule has 0 aliphatic heterocycles. The van der Waals surface area contributed by atoms with E-state index < -0.39 is 27.6 Å². The van der Waals surface area contributed by atoms with Crippen molar-refractivity contribution in [2.75, 3.05) is 10.6 Å². The maximum absolute atomic E-state index is 12.9. The van der Waals surface area contributed by atoms with Gasteiger partial charge in [-0.15, -0.1) is 5.10 Å². The Morgan fingerprint density at radius 1 is 1.03 bits per heavy atom. The van der Waals surface area contributed by atoms with E-state index in [2.05, 4.69) is 10.3 Å². The molecule has 0 aliphatic carbocycles. The van der Waals surface area contributed by atoms with Crippen molar-refractivity contribution < 1.29 is 18.3 Å². The molecule has 1 aromatic heterocycles. The van der Waals surface area contributed by atoms with E-state index in [1.807, 2.05) is 12.1 Å². The number of benzene rings is 3. The molecule has 36 heavy (non-hydrogen) atoms. The Labute approximate surface area is 216 Å². The first kappa shape index (κ1) is 25.6. The fourth-order valence-corrected chi connectivity index (χ4v) is 5.40. The number of carboxylic acid groups (broad SMARTS) is 1. The molecular weight excluding hydrogens is 527 g/mol. The zero-order valence-corrected chi connectivity index (χ0v) is 21.2. The van der Waals surface area contributed by atoms with E-state index in [0.29, 0.717) is 10.5 Å². The predicted octanol–water partition coefficient (Wildman–Crippen LogP) is 4.07. The Bertz CT molecular complexity index is 1590. The number of hydrogen-bond donors (Lipinski definition) is 1. The number of halogens is 2. The zero-order chi connectivity index (χ0) is 26.0. The second kappa shape index (κ2) is 10.3. The summed E-state index contributed by atoms with van der Waals surface area (Å²) in [6.45, 7) is -0.196. The summed E-state index contributed by atoms with van der Waals surface area (Å²) < 4.78 is 27.2. The lowest BCUT2D eigenvalue weighted by Gasteiger charge is -2.29. The monoisotopic (exact) mass is 546 g/mol. The molecule has 1 unspecified atom stereocenters. The van der Waals surface area contributed by atoms with Crippen LogP contribution in [0.2, 0.25) is 10.0 Å². The second-order valence-electron chi connectivity index (χ2n) is 8.01. The minimum atomic E-state index is -4.01. The molecule has 0 saturated heterocycles. The number of rotatable bonds is 8. The molecule has 1 atom stereocenters. The highest BCUT2D eigenvalue weighted by Crippen LogP contribution is 2.28. The van der Waals surface area contributed by atoms with E-state index in [4.69, 9.17) is 23.2 Å². The molecule has 0 radical (unpaired) electrons. The summed E-state index contributed by atoms with van der Waals surface area (Å²) in [5.74, 6) is -1.37. The Balaban J connectivity index is 1.65. The number of sulfonamides is 1. The zero-order valence-electron chi connectivity index (χ0n) is 18.9. The molecule has 1 heterocycles. The first-order valence-corrected chi connectivity index (χ1v) is 13.3. The van der Waals surface area contributed by atoms with Crippen molar-refractivity contribution in [3.8, 4) is 11.1 Å². The van der Waals surface area contributed by atoms with Gasteiger partial charge in [-0.3, -0.25) is 9.10 Å². The number of hydrogen-bond acceptors (Lipinski definition) is 6. The molecule has 0 spiro atoms. The Morgan fingerprint density at radius 3 is 2.22 bits per heavy atom. The van der Waals surface area contributed by atoms with Gasteiger partial charge in [0.25, 0.3) is 5.56 Å². The van der Waals surface area contributed by atoms with E-state index in [1.54, 1.807) is 36.4 Å². The molecule has 4 rings (SSSR count). The van der Waals surface area contributed by atoms with Crippen molar-refractivity contribution in [3.63, 3.8) is 0 Å². The van der Waals surface area contributed by atoms with Crippen molar-refractivity contribution in [3.05, 3.63) is 87.1 Å². The molecule has 4 aromatic rings. The van der Waals surface area contributed by atoms with Crippen LogP contribution in [0.3, 0.4) is 0 Å². The number of aryl methyl sites for hydroxylation is 1. The van der Waals surface area contributed by atoms with Crippen molar-refractivity contribution >= 4 is 55.8 Å². The fourth-order valence-electron chi connectivity index (χ4n) is 3.86. The van der Waals surface area contributed by atoms with E-state index in [9.17, 15) is 23.1 Å². The van der Waals surface area contributed by atoms with Gasteiger partial charge in [-0.2, -0.15) is 0 Å². The van der Waals surface area contributed by atoms with Crippen LogP contribution in [0.15, 0.2) is 71.5 Å². The largest absolute Gasteiger partial charge is 0.480 e. The summed E-state index contributed by atoms with van der Waals surface area (Å²) in [5.41, 5.74) is 1.58. The van der Waals surface area contributed by atoms with Gasteiger partial charge in [0.15, 0.2) is 0 Å². The van der Waals surface area contributed by atoms with Crippen molar-refractivity contribution in [2.24, 2.45) is 0 Å². The Morgan fingerprint density at radius 2 is 1.64 bits per heavy atom. The molecule has 9 nitrogen and oxygen atoms in total. The minimum absolute atomic E-state index is 0.152. The highest BCUT2D eigenvalue weighted by atomic mass is 35.5. The SMILES string of the molecule is CS(=O)(=O)N(c1ccc(-c2ccc(Cl)cc2)cc1)C(CCn1nnc2cccc(Cl)c2c1=O)C(=O)O. The van der Waals surface area contributed by atoms with Crippen LogP contribution in [0.5, 0.6) is 0 Å². The third-order valence-electron chi connectivity index (χ3n) is 5.54. The number of carbonyl (C=O) groups is 1. The molecule has 1 N–H and O–H groups in total. The van der Waals surface area contributed by atoms with Gasteiger partial charge in [0, 0.05) is 11.6 Å². The number of aliphatic carboxylic acids is 1. The van der Waals surface area contributed by atoms with Crippen LogP contribution in [0.1, 0.15) is 6.42 Å². The van der Waals surface area contributed by atoms with Gasteiger partial charge in [0.2, 0.25) is 10.0 Å². The van der Waals surface area contributed by atoms with E-state index in [1.165, 1.54) is 18.2 Å². The summed E-state index contributed by atoms with van der Waals surface area (Å²) in [6, 6.07) is 16.8. The van der Waals surface area contributed by atoms with Crippen LogP contribution in [0.25, 0.3) is 22.0 Å². The van der Waals surface area contributed by atoms with Gasteiger partial charge in [0.1, 0.15) is 11.6 Å². The normalized spacial score (nSPS) is 12.4. The molecule has 12 heteroatoms. The maximum Gasteiger partial charge on any atom is 0.327 e. The average Bonchev–Trinajstić information content (AvgIpc) is 2.82. The number of aromatic nitrogens is 3. The quantitative estimate of drug-likeness (QED) is 0.353. The van der Waals surface area contributed by atoms with Crippen LogP contribution >= 0.6 is 23.2 Å². The van der Waals surface area contributed by atoms with Gasteiger partial charge < -0.3 is 5.11 Å². The van der Waals surface area contributed by atoms with Gasteiger partial charge in [-0.25, -0.2) is 17.9 Å². The lowest BCUT2D eigenvalue weighted by molar-refractivity contribution is -0.138. The first-order chi connectivity index (χ1) is 17.1. The lowest BCUT2D eigenvalue weighted by atomic mass is 10.1. The number of carboxylic acids is 1. The van der Waals surface area contributed by atoms with Gasteiger partial charge >= 0.3 is 5.97 Å². The maximum atomic E-state index is 12.9. The van der Waals surface area contributed by atoms with Crippen LogP contribution in [-0.4, -0.2) is 46.8 Å². The summed E-state index contributed by atoms with van der Waals surface area (Å²) in [7, 11) is -4.01. The van der Waals surface area contributed by atoms with Crippen LogP contribution in [0.4, 0.5) is 5.69 Å². The van der Waals surface area contributed by atoms with Crippen molar-refractivity contribution in [1.29, 1.82) is 0 Å². The molecule has 3 aromatic carbocycles. The fraction of sp³-hybridized carbons (Fsp3) is 0.167. The molecule has 0 fully saturated rings. The standard InChI is InChI=1S/C24H20Cl2N4O5S/c1-36(34,35)30(18-11-7-16(8-12-18)15-5-9-17(25)10-6-15)21(24(32)33)13-14-29-23(31)22-19(26)3-2-4-20(22)27-28-29/h2-12,21H,13-14H2,1H3,(H,32,33). The first-order valence-electron chi connectivity index (χ1n) is 10.7. The molecule has 186 valence electrons. The van der Waals surface area contributed by atoms with Crippen LogP contribution < -0.4 is 9.86 Å². The highest BCUT2D eigenvalue weighted by molar-refractivity contribution is 7.92. The van der Waals surface area contributed by atoms with Crippen molar-refractivity contribution in [2.45, 2.75) is 19.0 Å². The van der Waals surface area contributed by atoms with Crippen molar-refractivity contribution in [1.82, 2.24) is 15.0 Å². The Hall–Kier alpha value is -3.47. The lowest BCUT2D eigenvalue weighted by Crippen LogP contribution is -2.46. The third-order valence-corrected chi connectivity index (χ3v) is 7.29. The number of anilines is 1. The summed E-state index contributed by atoms with van der Waals surface area (Å²) in [5, 5.41) is 18.7. The van der Waals surface area contributed by atoms with Gasteiger partial charge in [-0.05, 0) is 53.9 Å². The molecule has 0 amide bonds. The van der Waals surface area contributed by atoms with Gasteiger partial charge in [0.05, 0.1) is 22.4 Å². The third kappa shape index (κ3) is 5.35. The van der Waals surface area contributed by atoms with E-state index in [0.717, 1.165) is 26.4 Å². The number of nitrogens with zero attached hydrogens (tertiary/aromatic N) is 4. The molecule has 0 bridgehead atoms. The number of fused-ring (bicyclic) bond motifs is 1.